The Morgan fingerprint density at radius 3 is 1.86 bits per heavy atom. The Labute approximate surface area is 252 Å². The number of rotatable bonds is 13. The fourth-order valence-electron chi connectivity index (χ4n) is 3.03. The number of thioether (sulfide) groups is 2. The SMILES string of the molecule is COC(=O)C(CSC(=O)C(CSC(=O)c1ccc(C(F)(F)F)cc1OC(=O)C(CS)NC(C)=O)NC(C)=O)NC(C)=O. The van der Waals surface area contributed by atoms with E-state index in [-0.39, 0.29) is 11.5 Å². The number of alkyl halides is 3. The minimum Gasteiger partial charge on any atom is -0.467 e. The molecular weight excluding hydrogens is 627 g/mol. The van der Waals surface area contributed by atoms with Crippen LogP contribution in [0.5, 0.6) is 5.75 Å². The fourth-order valence-corrected chi connectivity index (χ4v) is 5.15. The predicted octanol–water partition coefficient (Wildman–Crippen LogP) is 1.36. The van der Waals surface area contributed by atoms with Crippen LogP contribution in [0.1, 0.15) is 36.7 Å². The van der Waals surface area contributed by atoms with Crippen LogP contribution in [-0.4, -0.2) is 82.4 Å². The molecule has 3 amide bonds. The molecule has 0 aliphatic carbocycles. The van der Waals surface area contributed by atoms with Gasteiger partial charge in [-0.05, 0) is 18.2 Å². The molecule has 3 unspecified atom stereocenters. The third-order valence-electron chi connectivity index (χ3n) is 4.88. The summed E-state index contributed by atoms with van der Waals surface area (Å²) in [6.07, 6.45) is -4.85. The lowest BCUT2D eigenvalue weighted by molar-refractivity contribution is -0.144. The molecule has 0 radical (unpaired) electrons. The van der Waals surface area contributed by atoms with E-state index in [0.29, 0.717) is 35.7 Å². The number of esters is 2. The summed E-state index contributed by atoms with van der Waals surface area (Å²) < 4.78 is 49.6. The number of halogens is 3. The summed E-state index contributed by atoms with van der Waals surface area (Å²) >= 11 is 4.91. The van der Waals surface area contributed by atoms with Gasteiger partial charge in [0.2, 0.25) is 28.0 Å². The zero-order valence-corrected chi connectivity index (χ0v) is 25.2. The standard InChI is InChI=1S/C24H28F3N3O9S3/c1-11(31)28-16(8-40)21(35)39-19-7-14(24(25,26)27)5-6-15(19)22(36)41-10-18(30-13(3)33)23(37)42-9-17(20(34)38-4)29-12(2)32/h5-7,16-18,40H,8-10H2,1-4H3,(H,28,31)(H,29,32)(H,30,33). The summed E-state index contributed by atoms with van der Waals surface area (Å²) in [6.45, 7) is 3.35. The smallest absolute Gasteiger partial charge is 0.416 e. The van der Waals surface area contributed by atoms with Crippen LogP contribution in [0, 0.1) is 0 Å². The van der Waals surface area contributed by atoms with Crippen molar-refractivity contribution >= 4 is 76.0 Å². The molecule has 1 aromatic carbocycles. The summed E-state index contributed by atoms with van der Waals surface area (Å²) in [6, 6.07) is -2.00. The van der Waals surface area contributed by atoms with Crippen molar-refractivity contribution in [2.45, 2.75) is 45.1 Å². The van der Waals surface area contributed by atoms with Gasteiger partial charge in [0.15, 0.2) is 0 Å². The van der Waals surface area contributed by atoms with Gasteiger partial charge in [-0.3, -0.25) is 24.0 Å². The van der Waals surface area contributed by atoms with Crippen molar-refractivity contribution in [3.05, 3.63) is 29.3 Å². The van der Waals surface area contributed by atoms with Crippen molar-refractivity contribution in [1.82, 2.24) is 16.0 Å². The molecule has 12 nitrogen and oxygen atoms in total. The van der Waals surface area contributed by atoms with E-state index in [9.17, 15) is 46.7 Å². The number of benzene rings is 1. The molecule has 1 aromatic rings. The van der Waals surface area contributed by atoms with Crippen LogP contribution in [-0.2, 0) is 39.7 Å². The van der Waals surface area contributed by atoms with Crippen molar-refractivity contribution in [3.8, 4) is 5.75 Å². The topological polar surface area (TPSA) is 174 Å². The lowest BCUT2D eigenvalue weighted by atomic mass is 10.1. The monoisotopic (exact) mass is 655 g/mol. The zero-order valence-electron chi connectivity index (χ0n) is 22.7. The molecule has 42 heavy (non-hydrogen) atoms. The summed E-state index contributed by atoms with van der Waals surface area (Å²) in [5.41, 5.74) is -1.68. The van der Waals surface area contributed by atoms with Crippen molar-refractivity contribution in [1.29, 1.82) is 0 Å². The molecule has 0 aliphatic heterocycles. The quantitative estimate of drug-likeness (QED) is 0.137. The number of hydrogen-bond donors (Lipinski definition) is 4. The lowest BCUT2D eigenvalue weighted by Crippen LogP contribution is -2.44. The van der Waals surface area contributed by atoms with Crippen molar-refractivity contribution in [3.63, 3.8) is 0 Å². The largest absolute Gasteiger partial charge is 0.467 e. The molecule has 3 N–H and O–H groups in total. The zero-order chi connectivity index (χ0) is 32.2. The number of methoxy groups -OCH3 is 1. The van der Waals surface area contributed by atoms with E-state index in [2.05, 4.69) is 33.3 Å². The Morgan fingerprint density at radius 2 is 1.36 bits per heavy atom. The van der Waals surface area contributed by atoms with Crippen LogP contribution in [0.25, 0.3) is 0 Å². The molecule has 0 spiro atoms. The van der Waals surface area contributed by atoms with Crippen LogP contribution in [0.15, 0.2) is 18.2 Å². The molecule has 18 heteroatoms. The van der Waals surface area contributed by atoms with Crippen LogP contribution in [0.3, 0.4) is 0 Å². The van der Waals surface area contributed by atoms with E-state index in [0.717, 1.165) is 33.9 Å². The molecule has 0 aliphatic rings. The molecule has 0 heterocycles. The number of carbonyl (C=O) groups is 7. The average Bonchev–Trinajstić information content (AvgIpc) is 2.89. The third-order valence-corrected chi connectivity index (χ3v) is 7.30. The maximum Gasteiger partial charge on any atom is 0.416 e. The van der Waals surface area contributed by atoms with Gasteiger partial charge in [-0.2, -0.15) is 25.8 Å². The highest BCUT2D eigenvalue weighted by atomic mass is 32.2. The van der Waals surface area contributed by atoms with Crippen molar-refractivity contribution in [2.24, 2.45) is 0 Å². The lowest BCUT2D eigenvalue weighted by Gasteiger charge is -2.19. The van der Waals surface area contributed by atoms with Gasteiger partial charge in [0, 0.05) is 38.0 Å². The van der Waals surface area contributed by atoms with E-state index in [1.54, 1.807) is 0 Å². The van der Waals surface area contributed by atoms with Gasteiger partial charge in [-0.1, -0.05) is 23.5 Å². The molecular formula is C24H28F3N3O9S3. The van der Waals surface area contributed by atoms with Crippen LogP contribution < -0.4 is 20.7 Å². The Balaban J connectivity index is 3.18. The minimum absolute atomic E-state index is 0.258. The fraction of sp³-hybridized carbons (Fsp3) is 0.458. The van der Waals surface area contributed by atoms with E-state index in [1.165, 1.54) is 0 Å². The maximum atomic E-state index is 13.3. The second-order valence-corrected chi connectivity index (χ2v) is 10.7. The third kappa shape index (κ3) is 12.3. The average molecular weight is 656 g/mol. The summed E-state index contributed by atoms with van der Waals surface area (Å²) in [7, 11) is 1.08. The Morgan fingerprint density at radius 1 is 0.833 bits per heavy atom. The Kier molecular flexibility index (Phi) is 14.9. The molecule has 1 rings (SSSR count). The number of carbonyl (C=O) groups excluding carboxylic acids is 7. The molecule has 3 atom stereocenters. The van der Waals surface area contributed by atoms with E-state index >= 15 is 0 Å². The normalized spacial score (nSPS) is 13.1. The highest BCUT2D eigenvalue weighted by Gasteiger charge is 2.33. The second-order valence-electron chi connectivity index (χ2n) is 8.32. The molecule has 0 saturated heterocycles. The van der Waals surface area contributed by atoms with Gasteiger partial charge in [-0.15, -0.1) is 0 Å². The Bertz CT molecular complexity index is 1210. The van der Waals surface area contributed by atoms with Crippen LogP contribution in [0.4, 0.5) is 13.2 Å². The first kappa shape index (κ1) is 36.8. The minimum atomic E-state index is -4.85. The van der Waals surface area contributed by atoms with Gasteiger partial charge in [0.1, 0.15) is 23.9 Å². The maximum absolute atomic E-state index is 13.3. The number of nitrogens with one attached hydrogen (secondary N) is 3. The number of hydrogen-bond acceptors (Lipinski definition) is 12. The van der Waals surface area contributed by atoms with Crippen molar-refractivity contribution < 1.29 is 56.2 Å². The highest BCUT2D eigenvalue weighted by Crippen LogP contribution is 2.34. The van der Waals surface area contributed by atoms with Crippen LogP contribution >= 0.6 is 36.2 Å². The molecule has 0 bridgehead atoms. The number of amides is 3. The molecule has 232 valence electrons. The van der Waals surface area contributed by atoms with Gasteiger partial charge < -0.3 is 25.4 Å². The second kappa shape index (κ2) is 17.0. The predicted molar refractivity (Wildman–Crippen MR) is 150 cm³/mol. The summed E-state index contributed by atoms with van der Waals surface area (Å²) in [5.74, 6) is -5.52. The van der Waals surface area contributed by atoms with E-state index in [1.807, 2.05) is 0 Å². The first-order valence-corrected chi connectivity index (χ1v) is 14.4. The van der Waals surface area contributed by atoms with Gasteiger partial charge in [-0.25, -0.2) is 9.59 Å². The van der Waals surface area contributed by atoms with Gasteiger partial charge in [0.05, 0.1) is 18.2 Å². The summed E-state index contributed by atoms with van der Waals surface area (Å²) in [4.78, 5) is 84.6. The van der Waals surface area contributed by atoms with E-state index in [4.69, 9.17) is 4.74 Å². The Hall–Kier alpha value is -3.25. The first-order valence-electron chi connectivity index (χ1n) is 11.8. The van der Waals surface area contributed by atoms with Crippen molar-refractivity contribution in [2.75, 3.05) is 24.4 Å². The van der Waals surface area contributed by atoms with Crippen LogP contribution in [0.2, 0.25) is 0 Å². The molecule has 0 fully saturated rings. The number of thiol groups is 1. The van der Waals surface area contributed by atoms with Gasteiger partial charge in [0.25, 0.3) is 0 Å². The van der Waals surface area contributed by atoms with E-state index < -0.39 is 86.8 Å². The molecule has 0 aromatic heterocycles. The highest BCUT2D eigenvalue weighted by molar-refractivity contribution is 8.15. The van der Waals surface area contributed by atoms with Gasteiger partial charge >= 0.3 is 18.1 Å². The summed E-state index contributed by atoms with van der Waals surface area (Å²) in [5, 5.41) is 5.27. The first-order chi connectivity index (χ1) is 19.5. The molecule has 0 saturated carbocycles. The number of ether oxygens (including phenoxy) is 2.